The van der Waals surface area contributed by atoms with Crippen molar-refractivity contribution in [3.8, 4) is 11.3 Å². The molecule has 2 N–H and O–H groups in total. The van der Waals surface area contributed by atoms with E-state index < -0.39 is 0 Å². The zero-order chi connectivity index (χ0) is 18.6. The topological polar surface area (TPSA) is 87.7 Å². The van der Waals surface area contributed by atoms with Gasteiger partial charge in [-0.25, -0.2) is 9.97 Å². The smallest absolute Gasteiger partial charge is 0.270 e. The third kappa shape index (κ3) is 3.93. The van der Waals surface area contributed by atoms with Crippen molar-refractivity contribution in [2.24, 2.45) is 0 Å². The van der Waals surface area contributed by atoms with E-state index in [1.807, 2.05) is 53.9 Å². The van der Waals surface area contributed by atoms with Crippen LogP contribution in [0.15, 0.2) is 64.8 Å². The number of carbonyl (C=O) groups excluding carboxylic acids is 1. The standard InChI is InChI=1S/C20H16N4O2S/c25-18(24-20-23-17(12-27-20)13-6-2-1-3-7-13)11-10-16-19(26)22-15-9-5-4-8-14(15)21-16/h1-9,12H,10-11H2,(H,22,26)(H,23,24,25). The molecular weight excluding hydrogens is 360 g/mol. The Morgan fingerprint density at radius 3 is 2.67 bits per heavy atom. The number of rotatable bonds is 5. The molecule has 0 aliphatic heterocycles. The molecule has 0 atom stereocenters. The number of hydrogen-bond acceptors (Lipinski definition) is 5. The van der Waals surface area contributed by atoms with Gasteiger partial charge in [0.2, 0.25) is 5.91 Å². The van der Waals surface area contributed by atoms with Gasteiger partial charge in [0.1, 0.15) is 5.69 Å². The summed E-state index contributed by atoms with van der Waals surface area (Å²) in [6.45, 7) is 0. The quantitative estimate of drug-likeness (QED) is 0.557. The van der Waals surface area contributed by atoms with Crippen molar-refractivity contribution in [3.05, 3.63) is 76.0 Å². The number of hydrogen-bond donors (Lipinski definition) is 2. The molecule has 6 nitrogen and oxygen atoms in total. The van der Waals surface area contributed by atoms with Crippen LogP contribution >= 0.6 is 11.3 Å². The first-order valence-electron chi connectivity index (χ1n) is 8.48. The molecule has 0 saturated heterocycles. The van der Waals surface area contributed by atoms with Crippen molar-refractivity contribution < 1.29 is 4.79 Å². The third-order valence-electron chi connectivity index (χ3n) is 4.08. The number of carbonyl (C=O) groups is 1. The van der Waals surface area contributed by atoms with Gasteiger partial charge in [0.25, 0.3) is 5.56 Å². The van der Waals surface area contributed by atoms with Crippen molar-refractivity contribution in [1.82, 2.24) is 15.0 Å². The van der Waals surface area contributed by atoms with Crippen LogP contribution in [0.4, 0.5) is 5.13 Å². The fraction of sp³-hybridized carbons (Fsp3) is 0.100. The van der Waals surface area contributed by atoms with Crippen LogP contribution in [-0.4, -0.2) is 20.9 Å². The number of aryl methyl sites for hydroxylation is 1. The molecule has 4 rings (SSSR count). The van der Waals surface area contributed by atoms with Crippen molar-refractivity contribution >= 4 is 33.4 Å². The lowest BCUT2D eigenvalue weighted by molar-refractivity contribution is -0.116. The molecular formula is C20H16N4O2S. The Morgan fingerprint density at radius 2 is 1.81 bits per heavy atom. The van der Waals surface area contributed by atoms with Crippen LogP contribution in [0.1, 0.15) is 12.1 Å². The maximum Gasteiger partial charge on any atom is 0.270 e. The highest BCUT2D eigenvalue weighted by atomic mass is 32.1. The number of benzene rings is 2. The molecule has 0 bridgehead atoms. The lowest BCUT2D eigenvalue weighted by Gasteiger charge is -2.03. The van der Waals surface area contributed by atoms with Crippen LogP contribution in [0.3, 0.4) is 0 Å². The minimum atomic E-state index is -0.262. The van der Waals surface area contributed by atoms with E-state index in [0.717, 1.165) is 11.3 Å². The van der Waals surface area contributed by atoms with Gasteiger partial charge in [-0.15, -0.1) is 11.3 Å². The van der Waals surface area contributed by atoms with Crippen LogP contribution < -0.4 is 10.9 Å². The lowest BCUT2D eigenvalue weighted by Crippen LogP contribution is -2.18. The Balaban J connectivity index is 1.41. The first kappa shape index (κ1) is 17.1. The van der Waals surface area contributed by atoms with E-state index in [1.165, 1.54) is 11.3 Å². The Kier molecular flexibility index (Phi) is 4.76. The first-order valence-corrected chi connectivity index (χ1v) is 9.36. The molecule has 27 heavy (non-hydrogen) atoms. The fourth-order valence-corrected chi connectivity index (χ4v) is 3.46. The minimum absolute atomic E-state index is 0.161. The molecule has 0 saturated carbocycles. The Hall–Kier alpha value is -3.32. The van der Waals surface area contributed by atoms with Gasteiger partial charge >= 0.3 is 0 Å². The summed E-state index contributed by atoms with van der Waals surface area (Å²) in [5.74, 6) is -0.196. The molecule has 134 valence electrons. The number of H-pyrrole nitrogens is 1. The third-order valence-corrected chi connectivity index (χ3v) is 4.84. The van der Waals surface area contributed by atoms with Crippen LogP contribution in [0, 0.1) is 0 Å². The predicted molar refractivity (Wildman–Crippen MR) is 107 cm³/mol. The van der Waals surface area contributed by atoms with Gasteiger partial charge in [-0.3, -0.25) is 9.59 Å². The molecule has 0 radical (unpaired) electrons. The first-order chi connectivity index (χ1) is 13.2. The van der Waals surface area contributed by atoms with Gasteiger partial charge in [-0.1, -0.05) is 42.5 Å². The normalized spacial score (nSPS) is 10.8. The number of aromatic amines is 1. The second-order valence-electron chi connectivity index (χ2n) is 5.98. The van der Waals surface area contributed by atoms with E-state index in [1.54, 1.807) is 6.07 Å². The average molecular weight is 376 g/mol. The Labute approximate surface area is 158 Å². The molecule has 0 unspecified atom stereocenters. The molecule has 7 heteroatoms. The highest BCUT2D eigenvalue weighted by molar-refractivity contribution is 7.14. The number of nitrogens with zero attached hydrogens (tertiary/aromatic N) is 2. The van der Waals surface area contributed by atoms with Gasteiger partial charge in [0.05, 0.1) is 16.7 Å². The van der Waals surface area contributed by atoms with Gasteiger partial charge < -0.3 is 10.3 Å². The van der Waals surface area contributed by atoms with E-state index in [0.29, 0.717) is 21.9 Å². The molecule has 1 amide bonds. The highest BCUT2D eigenvalue weighted by Gasteiger charge is 2.11. The molecule has 2 heterocycles. The van der Waals surface area contributed by atoms with Gasteiger partial charge in [-0.2, -0.15) is 0 Å². The number of amides is 1. The number of nitrogens with one attached hydrogen (secondary N) is 2. The summed E-state index contributed by atoms with van der Waals surface area (Å²) in [4.78, 5) is 35.9. The summed E-state index contributed by atoms with van der Waals surface area (Å²) in [6.07, 6.45) is 0.428. The highest BCUT2D eigenvalue weighted by Crippen LogP contribution is 2.24. The maximum atomic E-state index is 12.2. The average Bonchev–Trinajstić information content (AvgIpc) is 3.15. The summed E-state index contributed by atoms with van der Waals surface area (Å²) in [5.41, 5.74) is 3.31. The summed E-state index contributed by atoms with van der Waals surface area (Å²) in [7, 11) is 0. The van der Waals surface area contributed by atoms with Crippen LogP contribution in [0.25, 0.3) is 22.3 Å². The van der Waals surface area contributed by atoms with Gasteiger partial charge in [-0.05, 0) is 12.1 Å². The number of aromatic nitrogens is 3. The number of fused-ring (bicyclic) bond motifs is 1. The van der Waals surface area contributed by atoms with E-state index in [2.05, 4.69) is 20.3 Å². The molecule has 0 aliphatic rings. The van der Waals surface area contributed by atoms with Crippen molar-refractivity contribution in [1.29, 1.82) is 0 Å². The summed E-state index contributed by atoms with van der Waals surface area (Å²) in [5, 5.41) is 5.23. The van der Waals surface area contributed by atoms with Crippen molar-refractivity contribution in [2.75, 3.05) is 5.32 Å². The zero-order valence-corrected chi connectivity index (χ0v) is 15.1. The predicted octanol–water partition coefficient (Wildman–Crippen LogP) is 3.62. The van der Waals surface area contributed by atoms with Gasteiger partial charge in [0.15, 0.2) is 5.13 Å². The maximum absolute atomic E-state index is 12.2. The largest absolute Gasteiger partial charge is 0.319 e. The second-order valence-corrected chi connectivity index (χ2v) is 6.84. The zero-order valence-electron chi connectivity index (χ0n) is 14.3. The number of para-hydroxylation sites is 2. The van der Waals surface area contributed by atoms with Crippen LogP contribution in [0.2, 0.25) is 0 Å². The SMILES string of the molecule is O=C(CCc1nc2ccccc2[nH]c1=O)Nc1nc(-c2ccccc2)cs1. The summed E-state index contributed by atoms with van der Waals surface area (Å²) >= 11 is 1.37. The Morgan fingerprint density at radius 1 is 1.04 bits per heavy atom. The number of thiazole rings is 1. The van der Waals surface area contributed by atoms with E-state index in [9.17, 15) is 9.59 Å². The molecule has 4 aromatic rings. The van der Waals surface area contributed by atoms with Crippen molar-refractivity contribution in [2.45, 2.75) is 12.8 Å². The van der Waals surface area contributed by atoms with Crippen LogP contribution in [-0.2, 0) is 11.2 Å². The van der Waals surface area contributed by atoms with Gasteiger partial charge in [0, 0.05) is 23.8 Å². The monoisotopic (exact) mass is 376 g/mol. The fourth-order valence-electron chi connectivity index (χ4n) is 2.72. The Bertz CT molecular complexity index is 1150. The molecule has 0 aliphatic carbocycles. The van der Waals surface area contributed by atoms with E-state index >= 15 is 0 Å². The summed E-state index contributed by atoms with van der Waals surface area (Å²) < 4.78 is 0. The van der Waals surface area contributed by atoms with E-state index in [4.69, 9.17) is 0 Å². The molecule has 0 fully saturated rings. The lowest BCUT2D eigenvalue weighted by atomic mass is 10.2. The number of anilines is 1. The van der Waals surface area contributed by atoms with Crippen LogP contribution in [0.5, 0.6) is 0 Å². The van der Waals surface area contributed by atoms with Crippen molar-refractivity contribution in [3.63, 3.8) is 0 Å². The van der Waals surface area contributed by atoms with E-state index in [-0.39, 0.29) is 24.3 Å². The molecule has 0 spiro atoms. The molecule has 2 aromatic carbocycles. The minimum Gasteiger partial charge on any atom is -0.319 e. The summed E-state index contributed by atoms with van der Waals surface area (Å²) in [6, 6.07) is 17.1. The second kappa shape index (κ2) is 7.51. The molecule has 2 aromatic heterocycles.